The summed E-state index contributed by atoms with van der Waals surface area (Å²) < 4.78 is 37.7. The quantitative estimate of drug-likeness (QED) is 0.812. The number of pyridine rings is 1. The van der Waals surface area contributed by atoms with Crippen LogP contribution in [0.25, 0.3) is 0 Å². The summed E-state index contributed by atoms with van der Waals surface area (Å²) in [4.78, 5) is 17.3. The van der Waals surface area contributed by atoms with E-state index in [-0.39, 0.29) is 42.3 Å². The SMILES string of the molecule is Nc1cnc(Cl)cc1C(=O)N1CCC(C(F)(F)F)CC1. The number of aromatic nitrogens is 1. The van der Waals surface area contributed by atoms with Crippen LogP contribution in [0.15, 0.2) is 12.3 Å². The van der Waals surface area contributed by atoms with E-state index < -0.39 is 18.0 Å². The number of nitrogen functional groups attached to an aromatic ring is 1. The molecule has 20 heavy (non-hydrogen) atoms. The van der Waals surface area contributed by atoms with Crippen molar-refractivity contribution >= 4 is 23.2 Å². The monoisotopic (exact) mass is 307 g/mol. The van der Waals surface area contributed by atoms with E-state index in [0.717, 1.165) is 0 Å². The number of carbonyl (C=O) groups is 1. The molecule has 0 aliphatic carbocycles. The first-order valence-corrected chi connectivity index (χ1v) is 6.44. The summed E-state index contributed by atoms with van der Waals surface area (Å²) in [6.07, 6.45) is -3.12. The molecule has 1 saturated heterocycles. The summed E-state index contributed by atoms with van der Waals surface area (Å²) in [5, 5.41) is 0.118. The number of hydrogen-bond acceptors (Lipinski definition) is 3. The molecule has 8 heteroatoms. The molecule has 1 aliphatic rings. The molecule has 0 bridgehead atoms. The first-order chi connectivity index (χ1) is 9.29. The van der Waals surface area contributed by atoms with Crippen molar-refractivity contribution in [3.05, 3.63) is 23.0 Å². The third-order valence-electron chi connectivity index (χ3n) is 3.38. The van der Waals surface area contributed by atoms with Gasteiger partial charge in [0.2, 0.25) is 0 Å². The Kier molecular flexibility index (Phi) is 4.08. The molecule has 2 N–H and O–H groups in total. The molecular formula is C12H13ClF3N3O. The minimum atomic E-state index is -4.20. The molecular weight excluding hydrogens is 295 g/mol. The van der Waals surface area contributed by atoms with Crippen molar-refractivity contribution in [3.63, 3.8) is 0 Å². The third-order valence-corrected chi connectivity index (χ3v) is 3.58. The predicted molar refractivity (Wildman–Crippen MR) is 68.3 cm³/mol. The lowest BCUT2D eigenvalue weighted by Gasteiger charge is -2.33. The molecule has 2 heterocycles. The number of amides is 1. The van der Waals surface area contributed by atoms with Crippen molar-refractivity contribution in [1.82, 2.24) is 9.88 Å². The van der Waals surface area contributed by atoms with Crippen LogP contribution >= 0.6 is 11.6 Å². The molecule has 4 nitrogen and oxygen atoms in total. The number of alkyl halides is 3. The summed E-state index contributed by atoms with van der Waals surface area (Å²) in [6.45, 7) is 0.116. The molecule has 1 aliphatic heterocycles. The van der Waals surface area contributed by atoms with E-state index in [0.29, 0.717) is 0 Å². The van der Waals surface area contributed by atoms with Gasteiger partial charge in [-0.2, -0.15) is 13.2 Å². The van der Waals surface area contributed by atoms with Crippen LogP contribution in [-0.4, -0.2) is 35.1 Å². The van der Waals surface area contributed by atoms with E-state index in [9.17, 15) is 18.0 Å². The first kappa shape index (κ1) is 14.9. The molecule has 2 rings (SSSR count). The van der Waals surface area contributed by atoms with Crippen molar-refractivity contribution < 1.29 is 18.0 Å². The van der Waals surface area contributed by atoms with Gasteiger partial charge in [0, 0.05) is 13.1 Å². The van der Waals surface area contributed by atoms with E-state index in [4.69, 9.17) is 17.3 Å². The summed E-state index contributed by atoms with van der Waals surface area (Å²) >= 11 is 5.70. The zero-order valence-corrected chi connectivity index (χ0v) is 11.2. The van der Waals surface area contributed by atoms with E-state index in [1.807, 2.05) is 0 Å². The van der Waals surface area contributed by atoms with Crippen LogP contribution in [0, 0.1) is 5.92 Å². The number of carbonyl (C=O) groups excluding carboxylic acids is 1. The minimum Gasteiger partial charge on any atom is -0.397 e. The van der Waals surface area contributed by atoms with E-state index >= 15 is 0 Å². The number of rotatable bonds is 1. The van der Waals surface area contributed by atoms with Crippen LogP contribution in [0.1, 0.15) is 23.2 Å². The maximum atomic E-state index is 12.6. The summed E-state index contributed by atoms with van der Waals surface area (Å²) in [5.41, 5.74) is 5.99. The molecule has 1 aromatic rings. The fraction of sp³-hybridized carbons (Fsp3) is 0.500. The standard InChI is InChI=1S/C12H13ClF3N3O/c13-10-5-8(9(17)6-18-10)11(20)19-3-1-7(2-4-19)12(14,15)16/h5-7H,1-4,17H2. The van der Waals surface area contributed by atoms with E-state index in [2.05, 4.69) is 4.98 Å². The number of piperidine rings is 1. The Morgan fingerprint density at radius 2 is 2.00 bits per heavy atom. The molecule has 1 amide bonds. The average Bonchev–Trinajstić information content (AvgIpc) is 2.40. The first-order valence-electron chi connectivity index (χ1n) is 6.06. The van der Waals surface area contributed by atoms with Gasteiger partial charge in [0.25, 0.3) is 5.91 Å². The zero-order valence-electron chi connectivity index (χ0n) is 10.5. The van der Waals surface area contributed by atoms with Gasteiger partial charge < -0.3 is 10.6 Å². The van der Waals surface area contributed by atoms with Crippen LogP contribution in [0.3, 0.4) is 0 Å². The zero-order chi connectivity index (χ0) is 14.9. The molecule has 1 fully saturated rings. The van der Waals surface area contributed by atoms with Crippen LogP contribution < -0.4 is 5.73 Å². The largest absolute Gasteiger partial charge is 0.397 e. The van der Waals surface area contributed by atoms with Gasteiger partial charge in [0.05, 0.1) is 23.4 Å². The Morgan fingerprint density at radius 1 is 1.40 bits per heavy atom. The lowest BCUT2D eigenvalue weighted by molar-refractivity contribution is -0.183. The second-order valence-corrected chi connectivity index (χ2v) is 5.09. The van der Waals surface area contributed by atoms with Crippen molar-refractivity contribution in [2.75, 3.05) is 18.8 Å². The number of hydrogen-bond donors (Lipinski definition) is 1. The van der Waals surface area contributed by atoms with Gasteiger partial charge in [0.1, 0.15) is 5.15 Å². The Labute approximate surface area is 118 Å². The lowest BCUT2D eigenvalue weighted by atomic mass is 9.96. The van der Waals surface area contributed by atoms with Crippen LogP contribution in [0.2, 0.25) is 5.15 Å². The number of anilines is 1. The van der Waals surface area contributed by atoms with Crippen molar-refractivity contribution in [2.45, 2.75) is 19.0 Å². The highest BCUT2D eigenvalue weighted by Gasteiger charge is 2.41. The van der Waals surface area contributed by atoms with Gasteiger partial charge in [-0.3, -0.25) is 4.79 Å². The normalized spacial score (nSPS) is 17.3. The van der Waals surface area contributed by atoms with Crippen LogP contribution in [-0.2, 0) is 0 Å². The highest BCUT2D eigenvalue weighted by Crippen LogP contribution is 2.34. The summed E-state index contributed by atoms with van der Waals surface area (Å²) in [5.74, 6) is -1.75. The van der Waals surface area contributed by atoms with Gasteiger partial charge in [0.15, 0.2) is 0 Å². The van der Waals surface area contributed by atoms with Gasteiger partial charge in [-0.25, -0.2) is 4.98 Å². The molecule has 0 aromatic carbocycles. The topological polar surface area (TPSA) is 59.2 Å². The van der Waals surface area contributed by atoms with Crippen LogP contribution in [0.5, 0.6) is 0 Å². The number of nitrogens with zero attached hydrogens (tertiary/aromatic N) is 2. The molecule has 110 valence electrons. The molecule has 0 saturated carbocycles. The average molecular weight is 308 g/mol. The van der Waals surface area contributed by atoms with Gasteiger partial charge >= 0.3 is 6.18 Å². The second-order valence-electron chi connectivity index (χ2n) is 4.70. The highest BCUT2D eigenvalue weighted by atomic mass is 35.5. The summed E-state index contributed by atoms with van der Waals surface area (Å²) in [7, 11) is 0. The van der Waals surface area contributed by atoms with E-state index in [1.54, 1.807) is 0 Å². The molecule has 0 spiro atoms. The smallest absolute Gasteiger partial charge is 0.391 e. The molecule has 1 aromatic heterocycles. The van der Waals surface area contributed by atoms with Crippen molar-refractivity contribution in [1.29, 1.82) is 0 Å². The third kappa shape index (κ3) is 3.15. The molecule has 0 unspecified atom stereocenters. The Hall–Kier alpha value is -1.50. The number of likely N-dealkylation sites (tertiary alicyclic amines) is 1. The number of nitrogens with two attached hydrogens (primary N) is 1. The van der Waals surface area contributed by atoms with Gasteiger partial charge in [-0.05, 0) is 18.9 Å². The van der Waals surface area contributed by atoms with Gasteiger partial charge in [-0.15, -0.1) is 0 Å². The predicted octanol–water partition coefficient (Wildman–Crippen LogP) is 2.73. The lowest BCUT2D eigenvalue weighted by Crippen LogP contribution is -2.42. The molecule has 0 atom stereocenters. The van der Waals surface area contributed by atoms with E-state index in [1.165, 1.54) is 17.2 Å². The fourth-order valence-electron chi connectivity index (χ4n) is 2.21. The highest BCUT2D eigenvalue weighted by molar-refractivity contribution is 6.29. The Balaban J connectivity index is 2.07. The maximum absolute atomic E-state index is 12.6. The molecule has 0 radical (unpaired) electrons. The van der Waals surface area contributed by atoms with Crippen molar-refractivity contribution in [3.8, 4) is 0 Å². The summed E-state index contributed by atoms with van der Waals surface area (Å²) in [6, 6.07) is 1.33. The van der Waals surface area contributed by atoms with Gasteiger partial charge in [-0.1, -0.05) is 11.6 Å². The minimum absolute atomic E-state index is 0.0579. The Bertz CT molecular complexity index is 513. The second kappa shape index (κ2) is 5.47. The van der Waals surface area contributed by atoms with Crippen molar-refractivity contribution in [2.24, 2.45) is 5.92 Å². The number of halogens is 4. The fourth-order valence-corrected chi connectivity index (χ4v) is 2.36. The maximum Gasteiger partial charge on any atom is 0.391 e. The Morgan fingerprint density at radius 3 is 2.55 bits per heavy atom. The van der Waals surface area contributed by atoms with Crippen LogP contribution in [0.4, 0.5) is 18.9 Å².